The average Bonchev–Trinajstić information content (AvgIpc) is 3.42. The number of aromatic nitrogens is 4. The molecule has 1 aliphatic heterocycles. The molecule has 0 unspecified atom stereocenters. The number of anilines is 1. The molecule has 2 heterocycles. The number of hydrogen-bond acceptors (Lipinski definition) is 6. The van der Waals surface area contributed by atoms with Crippen molar-refractivity contribution in [2.24, 2.45) is 0 Å². The largest absolute Gasteiger partial charge is 0.376 e. The molecule has 2 fully saturated rings. The van der Waals surface area contributed by atoms with Gasteiger partial charge in [-0.25, -0.2) is 4.68 Å². The van der Waals surface area contributed by atoms with Crippen LogP contribution in [0.15, 0.2) is 24.3 Å². The second-order valence-electron chi connectivity index (χ2n) is 7.00. The quantitative estimate of drug-likeness (QED) is 0.837. The molecule has 4 rings (SSSR count). The van der Waals surface area contributed by atoms with E-state index in [2.05, 4.69) is 20.8 Å². The molecule has 1 saturated carbocycles. The Morgan fingerprint density at radius 3 is 2.59 bits per heavy atom. The molecule has 2 amide bonds. The standard InChI is InChI=1S/C18H23N7O2/c1-13(26)23-7-9-24(10-8-23)17(27)12-19-15-4-2-3-14(11-15)18-20-21-22-25(18)16-5-6-16/h2-4,11,16,19H,5-10,12H2,1H3. The Balaban J connectivity index is 1.36. The van der Waals surface area contributed by atoms with Gasteiger partial charge in [0.25, 0.3) is 0 Å². The van der Waals surface area contributed by atoms with E-state index < -0.39 is 0 Å². The van der Waals surface area contributed by atoms with E-state index in [1.54, 1.807) is 16.7 Å². The fraction of sp³-hybridized carbons (Fsp3) is 0.500. The summed E-state index contributed by atoms with van der Waals surface area (Å²) in [5.74, 6) is 0.852. The Morgan fingerprint density at radius 1 is 1.15 bits per heavy atom. The van der Waals surface area contributed by atoms with Crippen molar-refractivity contribution < 1.29 is 9.59 Å². The molecule has 9 nitrogen and oxygen atoms in total. The maximum absolute atomic E-state index is 12.4. The number of tetrazole rings is 1. The number of benzene rings is 1. The molecule has 0 atom stereocenters. The molecule has 0 spiro atoms. The molecule has 142 valence electrons. The lowest BCUT2D eigenvalue weighted by atomic mass is 10.2. The van der Waals surface area contributed by atoms with Crippen molar-refractivity contribution in [1.29, 1.82) is 0 Å². The van der Waals surface area contributed by atoms with Gasteiger partial charge in [0.05, 0.1) is 12.6 Å². The van der Waals surface area contributed by atoms with Crippen LogP contribution in [-0.4, -0.2) is 74.5 Å². The molecule has 1 aromatic heterocycles. The SMILES string of the molecule is CC(=O)N1CCN(C(=O)CNc2cccc(-c3nnnn3C3CC3)c2)CC1. The molecule has 0 bridgehead atoms. The van der Waals surface area contributed by atoms with Crippen molar-refractivity contribution in [2.75, 3.05) is 38.0 Å². The molecule has 2 aliphatic rings. The van der Waals surface area contributed by atoms with Crippen LogP contribution in [0.2, 0.25) is 0 Å². The second-order valence-corrected chi connectivity index (χ2v) is 7.00. The Hall–Kier alpha value is -2.97. The van der Waals surface area contributed by atoms with Gasteiger partial charge in [0.2, 0.25) is 11.8 Å². The minimum absolute atomic E-state index is 0.0337. The lowest BCUT2D eigenvalue weighted by molar-refractivity contribution is -0.137. The van der Waals surface area contributed by atoms with Crippen LogP contribution in [0.3, 0.4) is 0 Å². The first-order valence-corrected chi connectivity index (χ1v) is 9.27. The molecule has 1 aromatic carbocycles. The normalized spacial score (nSPS) is 17.1. The molecular formula is C18H23N7O2. The zero-order valence-electron chi connectivity index (χ0n) is 15.3. The topological polar surface area (TPSA) is 96.2 Å². The summed E-state index contributed by atoms with van der Waals surface area (Å²) in [6.07, 6.45) is 2.22. The highest BCUT2D eigenvalue weighted by atomic mass is 16.2. The highest BCUT2D eigenvalue weighted by Crippen LogP contribution is 2.36. The van der Waals surface area contributed by atoms with Crippen molar-refractivity contribution in [3.8, 4) is 11.4 Å². The number of nitrogens with one attached hydrogen (secondary N) is 1. The number of rotatable bonds is 5. The number of carbonyl (C=O) groups excluding carboxylic acids is 2. The van der Waals surface area contributed by atoms with Crippen molar-refractivity contribution >= 4 is 17.5 Å². The van der Waals surface area contributed by atoms with E-state index in [0.29, 0.717) is 32.2 Å². The Labute approximate surface area is 157 Å². The van der Waals surface area contributed by atoms with Gasteiger partial charge < -0.3 is 15.1 Å². The van der Waals surface area contributed by atoms with Gasteiger partial charge >= 0.3 is 0 Å². The zero-order chi connectivity index (χ0) is 18.8. The summed E-state index contributed by atoms with van der Waals surface area (Å²) in [5, 5.41) is 15.2. The fourth-order valence-electron chi connectivity index (χ4n) is 3.28. The van der Waals surface area contributed by atoms with Gasteiger partial charge in [0, 0.05) is 44.4 Å². The van der Waals surface area contributed by atoms with Crippen LogP contribution in [0.5, 0.6) is 0 Å². The number of carbonyl (C=O) groups is 2. The third-order valence-electron chi connectivity index (χ3n) is 5.03. The van der Waals surface area contributed by atoms with Crippen LogP contribution in [0, 0.1) is 0 Å². The highest BCUT2D eigenvalue weighted by Gasteiger charge is 2.28. The molecule has 2 aromatic rings. The molecule has 27 heavy (non-hydrogen) atoms. The fourth-order valence-corrected chi connectivity index (χ4v) is 3.28. The van der Waals surface area contributed by atoms with E-state index in [0.717, 1.165) is 29.9 Å². The monoisotopic (exact) mass is 369 g/mol. The summed E-state index contributed by atoms with van der Waals surface area (Å²) in [6, 6.07) is 8.20. The van der Waals surface area contributed by atoms with Crippen molar-refractivity contribution in [1.82, 2.24) is 30.0 Å². The highest BCUT2D eigenvalue weighted by molar-refractivity contribution is 5.81. The van der Waals surface area contributed by atoms with Crippen LogP contribution in [0.25, 0.3) is 11.4 Å². The van der Waals surface area contributed by atoms with Crippen LogP contribution < -0.4 is 5.32 Å². The van der Waals surface area contributed by atoms with E-state index in [1.165, 1.54) is 0 Å². The van der Waals surface area contributed by atoms with Gasteiger partial charge in [-0.3, -0.25) is 9.59 Å². The lowest BCUT2D eigenvalue weighted by Crippen LogP contribution is -2.51. The Kier molecular flexibility index (Phi) is 4.74. The predicted octanol–water partition coefficient (Wildman–Crippen LogP) is 0.778. The Morgan fingerprint density at radius 2 is 1.89 bits per heavy atom. The van der Waals surface area contributed by atoms with Gasteiger partial charge in [0.1, 0.15) is 0 Å². The van der Waals surface area contributed by atoms with Crippen LogP contribution in [0.1, 0.15) is 25.8 Å². The summed E-state index contributed by atoms with van der Waals surface area (Å²) in [7, 11) is 0. The van der Waals surface area contributed by atoms with Crippen molar-refractivity contribution in [3.63, 3.8) is 0 Å². The maximum atomic E-state index is 12.4. The molecule has 1 saturated heterocycles. The van der Waals surface area contributed by atoms with Gasteiger partial charge in [-0.05, 0) is 35.4 Å². The van der Waals surface area contributed by atoms with Gasteiger partial charge in [-0.15, -0.1) is 5.10 Å². The first-order chi connectivity index (χ1) is 13.1. The van der Waals surface area contributed by atoms with Crippen LogP contribution in [-0.2, 0) is 9.59 Å². The summed E-state index contributed by atoms with van der Waals surface area (Å²) in [6.45, 7) is 4.13. The van der Waals surface area contributed by atoms with Crippen LogP contribution in [0.4, 0.5) is 5.69 Å². The first kappa shape index (κ1) is 17.4. The molecule has 9 heteroatoms. The zero-order valence-corrected chi connectivity index (χ0v) is 15.3. The molecule has 0 radical (unpaired) electrons. The van der Waals surface area contributed by atoms with Crippen molar-refractivity contribution in [2.45, 2.75) is 25.8 Å². The predicted molar refractivity (Wildman–Crippen MR) is 98.8 cm³/mol. The van der Waals surface area contributed by atoms with Gasteiger partial charge in [-0.2, -0.15) is 0 Å². The first-order valence-electron chi connectivity index (χ1n) is 9.27. The molecular weight excluding hydrogens is 346 g/mol. The summed E-state index contributed by atoms with van der Waals surface area (Å²) in [4.78, 5) is 27.4. The number of piperazine rings is 1. The van der Waals surface area contributed by atoms with E-state index in [4.69, 9.17) is 0 Å². The minimum Gasteiger partial charge on any atom is -0.376 e. The third kappa shape index (κ3) is 3.91. The third-order valence-corrected chi connectivity index (χ3v) is 5.03. The van der Waals surface area contributed by atoms with E-state index in [-0.39, 0.29) is 18.4 Å². The lowest BCUT2D eigenvalue weighted by Gasteiger charge is -2.34. The maximum Gasteiger partial charge on any atom is 0.241 e. The van der Waals surface area contributed by atoms with E-state index >= 15 is 0 Å². The second kappa shape index (κ2) is 7.34. The molecule has 1 N–H and O–H groups in total. The number of nitrogens with zero attached hydrogens (tertiary/aromatic N) is 6. The number of hydrogen-bond donors (Lipinski definition) is 1. The van der Waals surface area contributed by atoms with Crippen molar-refractivity contribution in [3.05, 3.63) is 24.3 Å². The van der Waals surface area contributed by atoms with Crippen LogP contribution >= 0.6 is 0 Å². The van der Waals surface area contributed by atoms with E-state index in [9.17, 15) is 9.59 Å². The average molecular weight is 369 g/mol. The Bertz CT molecular complexity index is 838. The summed E-state index contributed by atoms with van der Waals surface area (Å²) < 4.78 is 1.87. The summed E-state index contributed by atoms with van der Waals surface area (Å²) in [5.41, 5.74) is 1.79. The van der Waals surface area contributed by atoms with Gasteiger partial charge in [-0.1, -0.05) is 12.1 Å². The molecule has 1 aliphatic carbocycles. The minimum atomic E-state index is 0.0337. The smallest absolute Gasteiger partial charge is 0.241 e. The van der Waals surface area contributed by atoms with Gasteiger partial charge in [0.15, 0.2) is 5.82 Å². The van der Waals surface area contributed by atoms with E-state index in [1.807, 2.05) is 28.9 Å². The summed E-state index contributed by atoms with van der Waals surface area (Å²) >= 11 is 0. The number of amides is 2.